The first kappa shape index (κ1) is 22.9. The Balaban J connectivity index is 2.01. The van der Waals surface area contributed by atoms with Crippen LogP contribution in [0.5, 0.6) is 0 Å². The lowest BCUT2D eigenvalue weighted by atomic mass is 9.88. The van der Waals surface area contributed by atoms with Crippen LogP contribution < -0.4 is 5.32 Å². The molecule has 1 aliphatic rings. The van der Waals surface area contributed by atoms with E-state index in [1.165, 1.54) is 43.3 Å². The highest BCUT2D eigenvalue weighted by molar-refractivity contribution is 6.28. The summed E-state index contributed by atoms with van der Waals surface area (Å²) in [5, 5.41) is 19.9. The summed E-state index contributed by atoms with van der Waals surface area (Å²) in [7, 11) is 0. The molecular formula is C23H19F3N2O4. The zero-order valence-corrected chi connectivity index (χ0v) is 17.0. The van der Waals surface area contributed by atoms with Gasteiger partial charge in [-0.05, 0) is 43.5 Å². The Morgan fingerprint density at radius 3 is 2.25 bits per heavy atom. The number of rotatable bonds is 5. The maximum atomic E-state index is 13.4. The molecule has 0 fully saturated rings. The Kier molecular flexibility index (Phi) is 6.29. The van der Waals surface area contributed by atoms with Gasteiger partial charge in [-0.25, -0.2) is 4.79 Å². The molecule has 9 heteroatoms. The molecule has 0 radical (unpaired) electrons. The quantitative estimate of drug-likeness (QED) is 0.590. The zero-order valence-electron chi connectivity index (χ0n) is 17.0. The molecule has 0 saturated heterocycles. The Morgan fingerprint density at radius 1 is 1.03 bits per heavy atom. The number of aromatic carboxylic acids is 1. The zero-order chi connectivity index (χ0) is 23.6. The number of carboxylic acid groups (broad SMARTS) is 1. The van der Waals surface area contributed by atoms with Gasteiger partial charge in [0, 0.05) is 17.7 Å². The van der Waals surface area contributed by atoms with Crippen molar-refractivity contribution in [3.8, 4) is 0 Å². The van der Waals surface area contributed by atoms with E-state index >= 15 is 0 Å². The van der Waals surface area contributed by atoms with E-state index in [1.807, 2.05) is 0 Å². The number of benzene rings is 2. The Bertz CT molecular complexity index is 1150. The van der Waals surface area contributed by atoms with E-state index in [-0.39, 0.29) is 46.5 Å². The Morgan fingerprint density at radius 2 is 1.66 bits per heavy atom. The number of carbonyl (C=O) groups excluding carboxylic acids is 2. The molecule has 1 aliphatic carbocycles. The van der Waals surface area contributed by atoms with Crippen LogP contribution >= 0.6 is 0 Å². The maximum Gasteiger partial charge on any atom is 0.417 e. The van der Waals surface area contributed by atoms with Crippen molar-refractivity contribution in [2.75, 3.05) is 0 Å². The highest BCUT2D eigenvalue weighted by Crippen LogP contribution is 2.34. The molecule has 3 rings (SSSR count). The average Bonchev–Trinajstić information content (AvgIpc) is 2.72. The van der Waals surface area contributed by atoms with Crippen LogP contribution in [0.25, 0.3) is 0 Å². The van der Waals surface area contributed by atoms with Crippen LogP contribution in [0, 0.1) is 12.3 Å². The van der Waals surface area contributed by atoms with Gasteiger partial charge in [-0.3, -0.25) is 15.0 Å². The molecule has 0 bridgehead atoms. The van der Waals surface area contributed by atoms with Crippen LogP contribution in [0.1, 0.15) is 56.7 Å². The molecule has 0 aromatic heterocycles. The molecule has 2 aromatic rings. The van der Waals surface area contributed by atoms with Gasteiger partial charge in [0.1, 0.15) is 0 Å². The minimum Gasteiger partial charge on any atom is -0.478 e. The molecule has 2 aromatic carbocycles. The number of allylic oxidation sites excluding steroid dienone is 2. The van der Waals surface area contributed by atoms with Gasteiger partial charge in [0.15, 0.2) is 5.78 Å². The Labute approximate surface area is 181 Å². The minimum atomic E-state index is -4.74. The van der Waals surface area contributed by atoms with Crippen molar-refractivity contribution in [2.45, 2.75) is 32.4 Å². The highest BCUT2D eigenvalue weighted by atomic mass is 19.4. The van der Waals surface area contributed by atoms with Crippen molar-refractivity contribution in [3.05, 3.63) is 81.6 Å². The van der Waals surface area contributed by atoms with Crippen LogP contribution in [0.4, 0.5) is 13.2 Å². The Hall–Kier alpha value is -3.75. The second kappa shape index (κ2) is 8.78. The van der Waals surface area contributed by atoms with Crippen molar-refractivity contribution in [1.82, 2.24) is 5.32 Å². The molecule has 0 heterocycles. The maximum absolute atomic E-state index is 13.4. The van der Waals surface area contributed by atoms with Crippen molar-refractivity contribution < 1.29 is 32.7 Å². The van der Waals surface area contributed by atoms with Crippen LogP contribution in [0.3, 0.4) is 0 Å². The molecule has 166 valence electrons. The average molecular weight is 444 g/mol. The molecule has 0 saturated carbocycles. The monoisotopic (exact) mass is 444 g/mol. The van der Waals surface area contributed by atoms with E-state index in [1.54, 1.807) is 0 Å². The number of nitrogens with one attached hydrogen (secondary N) is 2. The van der Waals surface area contributed by atoms with E-state index in [2.05, 4.69) is 5.32 Å². The second-order valence-electron chi connectivity index (χ2n) is 7.34. The lowest BCUT2D eigenvalue weighted by Gasteiger charge is -2.22. The number of halogens is 3. The van der Waals surface area contributed by atoms with Crippen LogP contribution in [-0.4, -0.2) is 28.5 Å². The standard InChI is InChI=1S/C23H19F3N2O4/c1-12-4-2-5-15(23(24,25)26)18(12)21(30)28-16-6-3-7-17(29)19(16)20(27)13-8-10-14(11-9-13)22(31)32/h2,4-5,8-11,27H,3,6-7H2,1H3,(H,28,30)(H,31,32). The van der Waals surface area contributed by atoms with Gasteiger partial charge in [0.2, 0.25) is 0 Å². The van der Waals surface area contributed by atoms with Crippen molar-refractivity contribution in [3.63, 3.8) is 0 Å². The number of Topliss-reactive ketones (excluding diaryl/α,β-unsaturated/α-hetero) is 1. The number of alkyl halides is 3. The number of hydrogen-bond acceptors (Lipinski definition) is 4. The second-order valence-corrected chi connectivity index (χ2v) is 7.34. The fourth-order valence-corrected chi connectivity index (χ4v) is 3.59. The summed E-state index contributed by atoms with van der Waals surface area (Å²) in [5.41, 5.74) is -1.49. The van der Waals surface area contributed by atoms with Crippen molar-refractivity contribution in [2.24, 2.45) is 0 Å². The summed E-state index contributed by atoms with van der Waals surface area (Å²) < 4.78 is 40.3. The number of aryl methyl sites for hydroxylation is 1. The third-order valence-electron chi connectivity index (χ3n) is 5.15. The summed E-state index contributed by atoms with van der Waals surface area (Å²) in [4.78, 5) is 36.4. The number of amides is 1. The summed E-state index contributed by atoms with van der Waals surface area (Å²) >= 11 is 0. The first-order valence-electron chi connectivity index (χ1n) is 9.68. The van der Waals surface area contributed by atoms with Gasteiger partial charge in [-0.1, -0.05) is 24.3 Å². The summed E-state index contributed by atoms with van der Waals surface area (Å²) in [5.74, 6) is -2.57. The first-order chi connectivity index (χ1) is 15.0. The fourth-order valence-electron chi connectivity index (χ4n) is 3.59. The lowest BCUT2D eigenvalue weighted by Crippen LogP contribution is -2.32. The largest absolute Gasteiger partial charge is 0.478 e. The molecule has 3 N–H and O–H groups in total. The van der Waals surface area contributed by atoms with Crippen molar-refractivity contribution >= 4 is 23.4 Å². The number of ketones is 1. The fraction of sp³-hybridized carbons (Fsp3) is 0.217. The highest BCUT2D eigenvalue weighted by Gasteiger charge is 2.36. The van der Waals surface area contributed by atoms with E-state index in [0.717, 1.165) is 6.07 Å². The van der Waals surface area contributed by atoms with Gasteiger partial charge >= 0.3 is 12.1 Å². The molecule has 0 atom stereocenters. The SMILES string of the molecule is Cc1cccc(C(F)(F)F)c1C(=O)NC1=C(C(=N)c2ccc(C(=O)O)cc2)C(=O)CCC1. The van der Waals surface area contributed by atoms with Crippen LogP contribution in [0.2, 0.25) is 0 Å². The molecule has 0 spiro atoms. The predicted molar refractivity (Wildman–Crippen MR) is 110 cm³/mol. The molecule has 6 nitrogen and oxygen atoms in total. The smallest absolute Gasteiger partial charge is 0.417 e. The first-order valence-corrected chi connectivity index (χ1v) is 9.68. The van der Waals surface area contributed by atoms with E-state index < -0.39 is 35.0 Å². The number of hydrogen-bond donors (Lipinski definition) is 3. The van der Waals surface area contributed by atoms with Gasteiger partial charge in [-0.2, -0.15) is 13.2 Å². The van der Waals surface area contributed by atoms with Gasteiger partial charge in [0.05, 0.1) is 28.0 Å². The van der Waals surface area contributed by atoms with Gasteiger partial charge in [0.25, 0.3) is 5.91 Å². The summed E-state index contributed by atoms with van der Waals surface area (Å²) in [6.45, 7) is 1.39. The molecular weight excluding hydrogens is 425 g/mol. The predicted octanol–water partition coefficient (Wildman–Crippen LogP) is 4.52. The molecule has 32 heavy (non-hydrogen) atoms. The number of carboxylic acids is 1. The summed E-state index contributed by atoms with van der Waals surface area (Å²) in [6, 6.07) is 8.70. The van der Waals surface area contributed by atoms with E-state index in [4.69, 9.17) is 10.5 Å². The van der Waals surface area contributed by atoms with Gasteiger partial charge in [-0.15, -0.1) is 0 Å². The normalized spacial score (nSPS) is 14.3. The number of carbonyl (C=O) groups is 3. The molecule has 0 aliphatic heterocycles. The van der Waals surface area contributed by atoms with Crippen molar-refractivity contribution in [1.29, 1.82) is 5.41 Å². The molecule has 0 unspecified atom stereocenters. The van der Waals surface area contributed by atoms with E-state index in [0.29, 0.717) is 6.42 Å². The van der Waals surface area contributed by atoms with Crippen LogP contribution in [-0.2, 0) is 11.0 Å². The third-order valence-corrected chi connectivity index (χ3v) is 5.15. The van der Waals surface area contributed by atoms with E-state index in [9.17, 15) is 27.6 Å². The molecule has 1 amide bonds. The lowest BCUT2D eigenvalue weighted by molar-refractivity contribution is -0.138. The third kappa shape index (κ3) is 4.61. The van der Waals surface area contributed by atoms with Crippen LogP contribution in [0.15, 0.2) is 53.7 Å². The van der Waals surface area contributed by atoms with Gasteiger partial charge < -0.3 is 10.4 Å². The summed E-state index contributed by atoms with van der Waals surface area (Å²) in [6.07, 6.45) is -4.03. The topological polar surface area (TPSA) is 107 Å². The minimum absolute atomic E-state index is 0.00161.